The standard InChI is InChI=1S/C7H4F3N3/c8-7(9,10)4-1-5-6(11-2-4)3-12-13-5/h1-3H,(H,12,13). The monoisotopic (exact) mass is 187 g/mol. The van der Waals surface area contributed by atoms with Gasteiger partial charge in [-0.1, -0.05) is 0 Å². The minimum atomic E-state index is -4.36. The molecule has 2 rings (SSSR count). The summed E-state index contributed by atoms with van der Waals surface area (Å²) in [5.74, 6) is 0. The number of alkyl halides is 3. The molecule has 68 valence electrons. The molecule has 0 amide bonds. The molecule has 0 bridgehead atoms. The van der Waals surface area contributed by atoms with Crippen molar-refractivity contribution in [1.82, 2.24) is 15.2 Å². The number of H-pyrrole nitrogens is 1. The zero-order valence-electron chi connectivity index (χ0n) is 6.26. The van der Waals surface area contributed by atoms with Gasteiger partial charge < -0.3 is 0 Å². The Morgan fingerprint density at radius 2 is 2.00 bits per heavy atom. The lowest BCUT2D eigenvalue weighted by molar-refractivity contribution is -0.137. The predicted molar refractivity (Wildman–Crippen MR) is 38.9 cm³/mol. The van der Waals surface area contributed by atoms with Gasteiger partial charge in [-0.25, -0.2) is 0 Å². The molecule has 6 heteroatoms. The average molecular weight is 187 g/mol. The third kappa shape index (κ3) is 1.34. The topological polar surface area (TPSA) is 41.6 Å². The summed E-state index contributed by atoms with van der Waals surface area (Å²) in [6, 6.07) is 0.957. The SMILES string of the molecule is FC(F)(F)c1cnc2c[nH]nc2c1. The maximum atomic E-state index is 12.1. The van der Waals surface area contributed by atoms with Crippen LogP contribution in [0, 0.1) is 0 Å². The van der Waals surface area contributed by atoms with Crippen LogP contribution >= 0.6 is 0 Å². The van der Waals surface area contributed by atoms with Crippen molar-refractivity contribution in [3.63, 3.8) is 0 Å². The maximum absolute atomic E-state index is 12.1. The summed E-state index contributed by atoms with van der Waals surface area (Å²) in [4.78, 5) is 3.59. The lowest BCUT2D eigenvalue weighted by atomic mass is 10.2. The van der Waals surface area contributed by atoms with E-state index in [1.807, 2.05) is 0 Å². The van der Waals surface area contributed by atoms with E-state index in [1.54, 1.807) is 0 Å². The first-order valence-electron chi connectivity index (χ1n) is 3.44. The molecule has 0 aromatic carbocycles. The van der Waals surface area contributed by atoms with Crippen LogP contribution in [-0.4, -0.2) is 15.2 Å². The number of rotatable bonds is 0. The highest BCUT2D eigenvalue weighted by Crippen LogP contribution is 2.29. The number of pyridine rings is 1. The number of aromatic nitrogens is 3. The van der Waals surface area contributed by atoms with Crippen LogP contribution in [0.1, 0.15) is 5.56 Å². The third-order valence-corrected chi connectivity index (χ3v) is 1.61. The number of nitrogens with zero attached hydrogens (tertiary/aromatic N) is 2. The Labute approximate surface area is 70.6 Å². The van der Waals surface area contributed by atoms with Gasteiger partial charge in [0.2, 0.25) is 0 Å². The zero-order valence-corrected chi connectivity index (χ0v) is 6.26. The lowest BCUT2D eigenvalue weighted by Gasteiger charge is -2.04. The van der Waals surface area contributed by atoms with Gasteiger partial charge in [-0.2, -0.15) is 18.3 Å². The van der Waals surface area contributed by atoms with Crippen LogP contribution in [-0.2, 0) is 6.18 Å². The highest BCUT2D eigenvalue weighted by molar-refractivity contribution is 5.73. The molecule has 0 saturated heterocycles. The predicted octanol–water partition coefficient (Wildman–Crippen LogP) is 1.98. The Morgan fingerprint density at radius 1 is 1.23 bits per heavy atom. The summed E-state index contributed by atoms with van der Waals surface area (Å²) < 4.78 is 36.4. The first-order valence-corrected chi connectivity index (χ1v) is 3.44. The van der Waals surface area contributed by atoms with E-state index in [0.29, 0.717) is 5.52 Å². The van der Waals surface area contributed by atoms with Crippen molar-refractivity contribution in [2.45, 2.75) is 6.18 Å². The van der Waals surface area contributed by atoms with Gasteiger partial charge in [0.25, 0.3) is 0 Å². The number of hydrogen-bond donors (Lipinski definition) is 1. The molecular formula is C7H4F3N3. The van der Waals surface area contributed by atoms with Crippen molar-refractivity contribution in [1.29, 1.82) is 0 Å². The first-order chi connectivity index (χ1) is 6.07. The number of hydrogen-bond acceptors (Lipinski definition) is 2. The summed E-state index contributed by atoms with van der Waals surface area (Å²) >= 11 is 0. The molecule has 0 saturated carbocycles. The molecule has 13 heavy (non-hydrogen) atoms. The number of aromatic amines is 1. The van der Waals surface area contributed by atoms with E-state index in [0.717, 1.165) is 12.3 Å². The van der Waals surface area contributed by atoms with Crippen molar-refractivity contribution in [3.8, 4) is 0 Å². The van der Waals surface area contributed by atoms with E-state index in [-0.39, 0.29) is 5.52 Å². The second-order valence-electron chi connectivity index (χ2n) is 2.51. The van der Waals surface area contributed by atoms with Crippen LogP contribution in [0.4, 0.5) is 13.2 Å². The van der Waals surface area contributed by atoms with E-state index in [9.17, 15) is 13.2 Å². The van der Waals surface area contributed by atoms with E-state index >= 15 is 0 Å². The molecule has 1 N–H and O–H groups in total. The minimum Gasteiger partial charge on any atom is -0.283 e. The zero-order chi connectivity index (χ0) is 9.47. The van der Waals surface area contributed by atoms with Crippen molar-refractivity contribution in [2.75, 3.05) is 0 Å². The summed E-state index contributed by atoms with van der Waals surface area (Å²) in [6.45, 7) is 0. The normalized spacial score (nSPS) is 12.2. The molecule has 0 aliphatic rings. The second kappa shape index (κ2) is 2.45. The van der Waals surface area contributed by atoms with Gasteiger partial charge in [-0.05, 0) is 6.07 Å². The van der Waals surface area contributed by atoms with Crippen molar-refractivity contribution in [3.05, 3.63) is 24.0 Å². The van der Waals surface area contributed by atoms with Crippen LogP contribution in [0.25, 0.3) is 11.0 Å². The van der Waals surface area contributed by atoms with Gasteiger partial charge in [-0.3, -0.25) is 10.1 Å². The Bertz CT molecular complexity index is 432. The van der Waals surface area contributed by atoms with E-state index in [4.69, 9.17) is 0 Å². The molecule has 3 nitrogen and oxygen atoms in total. The van der Waals surface area contributed by atoms with Gasteiger partial charge in [0.1, 0.15) is 11.0 Å². The Kier molecular flexibility index (Phi) is 1.51. The summed E-state index contributed by atoms with van der Waals surface area (Å²) in [5.41, 5.74) is -0.144. The van der Waals surface area contributed by atoms with Crippen LogP contribution < -0.4 is 0 Å². The molecule has 2 aromatic heterocycles. The largest absolute Gasteiger partial charge is 0.417 e. The third-order valence-electron chi connectivity index (χ3n) is 1.61. The first kappa shape index (κ1) is 8.03. The van der Waals surface area contributed by atoms with Gasteiger partial charge in [0, 0.05) is 12.4 Å². The van der Waals surface area contributed by atoms with Crippen molar-refractivity contribution in [2.24, 2.45) is 0 Å². The highest BCUT2D eigenvalue weighted by Gasteiger charge is 2.31. The van der Waals surface area contributed by atoms with Crippen molar-refractivity contribution < 1.29 is 13.2 Å². The quantitative estimate of drug-likeness (QED) is 0.685. The molecular weight excluding hydrogens is 183 g/mol. The fourth-order valence-corrected chi connectivity index (χ4v) is 0.982. The molecule has 0 aliphatic carbocycles. The smallest absolute Gasteiger partial charge is 0.283 e. The van der Waals surface area contributed by atoms with E-state index in [2.05, 4.69) is 15.2 Å². The summed E-state index contributed by atoms with van der Waals surface area (Å²) in [6.07, 6.45) is -2.13. The van der Waals surface area contributed by atoms with E-state index in [1.165, 1.54) is 6.20 Å². The van der Waals surface area contributed by atoms with Crippen LogP contribution in [0.15, 0.2) is 18.5 Å². The fourth-order valence-electron chi connectivity index (χ4n) is 0.982. The number of nitrogens with one attached hydrogen (secondary N) is 1. The average Bonchev–Trinajstić information content (AvgIpc) is 2.47. The molecule has 2 heterocycles. The number of halogens is 3. The molecule has 2 aromatic rings. The number of fused-ring (bicyclic) bond motifs is 1. The molecule has 0 atom stereocenters. The lowest BCUT2D eigenvalue weighted by Crippen LogP contribution is -2.04. The molecule has 0 radical (unpaired) electrons. The maximum Gasteiger partial charge on any atom is 0.417 e. The van der Waals surface area contributed by atoms with Gasteiger partial charge >= 0.3 is 6.18 Å². The van der Waals surface area contributed by atoms with Crippen LogP contribution in [0.2, 0.25) is 0 Å². The Hall–Kier alpha value is -1.59. The minimum absolute atomic E-state index is 0.217. The van der Waals surface area contributed by atoms with Crippen LogP contribution in [0.5, 0.6) is 0 Å². The van der Waals surface area contributed by atoms with Crippen LogP contribution in [0.3, 0.4) is 0 Å². The Balaban J connectivity index is 2.61. The summed E-state index contributed by atoms with van der Waals surface area (Å²) in [5, 5.41) is 6.04. The van der Waals surface area contributed by atoms with Crippen molar-refractivity contribution >= 4 is 11.0 Å². The molecule has 0 aliphatic heterocycles. The van der Waals surface area contributed by atoms with Gasteiger partial charge in [-0.15, -0.1) is 0 Å². The molecule has 0 unspecified atom stereocenters. The fraction of sp³-hybridized carbons (Fsp3) is 0.143. The Morgan fingerprint density at radius 3 is 2.69 bits per heavy atom. The van der Waals surface area contributed by atoms with E-state index < -0.39 is 11.7 Å². The van der Waals surface area contributed by atoms with Gasteiger partial charge in [0.05, 0.1) is 5.56 Å². The summed E-state index contributed by atoms with van der Waals surface area (Å²) in [7, 11) is 0. The van der Waals surface area contributed by atoms with Gasteiger partial charge in [0.15, 0.2) is 0 Å². The second-order valence-corrected chi connectivity index (χ2v) is 2.51. The molecule has 0 fully saturated rings. The molecule has 0 spiro atoms. The highest BCUT2D eigenvalue weighted by atomic mass is 19.4.